The first-order valence-electron chi connectivity index (χ1n) is 7.90. The van der Waals surface area contributed by atoms with Gasteiger partial charge in [0.25, 0.3) is 0 Å². The summed E-state index contributed by atoms with van der Waals surface area (Å²) in [5, 5.41) is 2.93. The molecular formula is C18H21N5O. The Bertz CT molecular complexity index is 845. The predicted octanol–water partition coefficient (Wildman–Crippen LogP) is 2.79. The number of benzene rings is 1. The van der Waals surface area contributed by atoms with Crippen molar-refractivity contribution >= 4 is 11.6 Å². The van der Waals surface area contributed by atoms with Crippen molar-refractivity contribution in [1.82, 2.24) is 19.1 Å². The van der Waals surface area contributed by atoms with Crippen LogP contribution in [0.4, 0.5) is 5.69 Å². The molecule has 0 aliphatic rings. The van der Waals surface area contributed by atoms with Crippen LogP contribution in [0, 0.1) is 13.8 Å². The molecule has 6 nitrogen and oxygen atoms in total. The minimum Gasteiger partial charge on any atom is -0.338 e. The molecule has 3 rings (SSSR count). The van der Waals surface area contributed by atoms with Crippen LogP contribution >= 0.6 is 0 Å². The highest BCUT2D eigenvalue weighted by Gasteiger charge is 2.07. The van der Waals surface area contributed by atoms with Crippen molar-refractivity contribution in [2.24, 2.45) is 7.05 Å². The van der Waals surface area contributed by atoms with Crippen molar-refractivity contribution in [3.05, 3.63) is 60.2 Å². The number of carbonyl (C=O) groups is 1. The second-order valence-electron chi connectivity index (χ2n) is 5.88. The Morgan fingerprint density at radius 1 is 1.17 bits per heavy atom. The van der Waals surface area contributed by atoms with E-state index in [9.17, 15) is 4.79 Å². The number of imidazole rings is 2. The van der Waals surface area contributed by atoms with E-state index in [-0.39, 0.29) is 5.91 Å². The summed E-state index contributed by atoms with van der Waals surface area (Å²) in [6.07, 6.45) is 6.45. The van der Waals surface area contributed by atoms with E-state index in [2.05, 4.69) is 15.3 Å². The molecule has 1 amide bonds. The molecule has 0 saturated carbocycles. The van der Waals surface area contributed by atoms with Gasteiger partial charge in [0.05, 0.1) is 18.3 Å². The zero-order valence-electron chi connectivity index (χ0n) is 14.2. The first-order chi connectivity index (χ1) is 11.5. The molecule has 0 aliphatic carbocycles. The molecule has 1 aromatic carbocycles. The fourth-order valence-electron chi connectivity index (χ4n) is 2.55. The first kappa shape index (κ1) is 16.0. The van der Waals surface area contributed by atoms with Gasteiger partial charge in [0.15, 0.2) is 0 Å². The minimum absolute atomic E-state index is 0.00129. The highest BCUT2D eigenvalue weighted by molar-refractivity contribution is 5.90. The van der Waals surface area contributed by atoms with Crippen LogP contribution in [0.1, 0.15) is 23.5 Å². The van der Waals surface area contributed by atoms with Crippen molar-refractivity contribution in [2.45, 2.75) is 26.7 Å². The molecule has 0 unspecified atom stereocenters. The van der Waals surface area contributed by atoms with Gasteiger partial charge in [-0.1, -0.05) is 0 Å². The zero-order chi connectivity index (χ0) is 17.1. The van der Waals surface area contributed by atoms with Crippen molar-refractivity contribution < 1.29 is 4.79 Å². The molecule has 0 atom stereocenters. The molecule has 0 radical (unpaired) electrons. The number of carbonyl (C=O) groups excluding carboxylic acids is 1. The van der Waals surface area contributed by atoms with Gasteiger partial charge < -0.3 is 14.5 Å². The maximum absolute atomic E-state index is 12.1. The summed E-state index contributed by atoms with van der Waals surface area (Å²) in [4.78, 5) is 20.4. The van der Waals surface area contributed by atoms with Crippen LogP contribution in [0.15, 0.2) is 43.1 Å². The Hall–Kier alpha value is -2.89. The van der Waals surface area contributed by atoms with E-state index in [1.54, 1.807) is 12.5 Å². The van der Waals surface area contributed by atoms with Gasteiger partial charge in [-0.2, -0.15) is 0 Å². The van der Waals surface area contributed by atoms with E-state index < -0.39 is 0 Å². The van der Waals surface area contributed by atoms with Crippen LogP contribution in [0.25, 0.3) is 5.69 Å². The van der Waals surface area contributed by atoms with Gasteiger partial charge in [-0.05, 0) is 44.5 Å². The molecule has 0 fully saturated rings. The standard InChI is InChI=1S/C18H21N5O/c1-13-14(2)23(12-20-13)16-6-4-15(5-7-16)21-18(24)9-8-17-10-19-11-22(17)3/h4-7,10-12H,8-9H2,1-3H3,(H,21,24). The minimum atomic E-state index is -0.00129. The number of nitrogens with one attached hydrogen (secondary N) is 1. The fourth-order valence-corrected chi connectivity index (χ4v) is 2.55. The molecule has 0 saturated heterocycles. The lowest BCUT2D eigenvalue weighted by Crippen LogP contribution is -2.13. The normalized spacial score (nSPS) is 10.8. The predicted molar refractivity (Wildman–Crippen MR) is 93.2 cm³/mol. The monoisotopic (exact) mass is 323 g/mol. The Balaban J connectivity index is 1.60. The zero-order valence-corrected chi connectivity index (χ0v) is 14.2. The second-order valence-corrected chi connectivity index (χ2v) is 5.88. The number of hydrogen-bond donors (Lipinski definition) is 1. The molecule has 2 aromatic heterocycles. The maximum Gasteiger partial charge on any atom is 0.224 e. The van der Waals surface area contributed by atoms with Gasteiger partial charge >= 0.3 is 0 Å². The van der Waals surface area contributed by atoms with Gasteiger partial charge in [0, 0.05) is 42.4 Å². The van der Waals surface area contributed by atoms with E-state index in [1.807, 2.05) is 60.6 Å². The summed E-state index contributed by atoms with van der Waals surface area (Å²) in [5.74, 6) is -0.00129. The third-order valence-electron chi connectivity index (χ3n) is 4.21. The summed E-state index contributed by atoms with van der Waals surface area (Å²) in [6.45, 7) is 4.03. The Morgan fingerprint density at radius 2 is 1.92 bits per heavy atom. The topological polar surface area (TPSA) is 64.7 Å². The molecule has 0 bridgehead atoms. The Kier molecular flexibility index (Phi) is 4.46. The van der Waals surface area contributed by atoms with Crippen molar-refractivity contribution in [3.8, 4) is 5.69 Å². The summed E-state index contributed by atoms with van der Waals surface area (Å²) in [5.41, 5.74) is 5.00. The van der Waals surface area contributed by atoms with Gasteiger partial charge in [0.2, 0.25) is 5.91 Å². The van der Waals surface area contributed by atoms with Crippen molar-refractivity contribution in [1.29, 1.82) is 0 Å². The molecule has 2 heterocycles. The van der Waals surface area contributed by atoms with E-state index >= 15 is 0 Å². The third-order valence-corrected chi connectivity index (χ3v) is 4.21. The van der Waals surface area contributed by atoms with Gasteiger partial charge in [-0.15, -0.1) is 0 Å². The Morgan fingerprint density at radius 3 is 2.50 bits per heavy atom. The average Bonchev–Trinajstić information content (AvgIpc) is 3.13. The van der Waals surface area contributed by atoms with Crippen LogP contribution in [-0.4, -0.2) is 25.0 Å². The molecule has 0 aliphatic heterocycles. The van der Waals surface area contributed by atoms with Crippen LogP contribution in [0.3, 0.4) is 0 Å². The lowest BCUT2D eigenvalue weighted by Gasteiger charge is -2.09. The molecule has 6 heteroatoms. The lowest BCUT2D eigenvalue weighted by atomic mass is 10.2. The highest BCUT2D eigenvalue weighted by Crippen LogP contribution is 2.17. The lowest BCUT2D eigenvalue weighted by molar-refractivity contribution is -0.116. The second kappa shape index (κ2) is 6.70. The van der Waals surface area contributed by atoms with Crippen LogP contribution in [-0.2, 0) is 18.3 Å². The van der Waals surface area contributed by atoms with Crippen molar-refractivity contribution in [2.75, 3.05) is 5.32 Å². The number of anilines is 1. The van der Waals surface area contributed by atoms with E-state index in [4.69, 9.17) is 0 Å². The third kappa shape index (κ3) is 3.37. The van der Waals surface area contributed by atoms with Crippen LogP contribution in [0.5, 0.6) is 0 Å². The molecule has 1 N–H and O–H groups in total. The smallest absolute Gasteiger partial charge is 0.224 e. The molecule has 24 heavy (non-hydrogen) atoms. The summed E-state index contributed by atoms with van der Waals surface area (Å²) >= 11 is 0. The fraction of sp³-hybridized carbons (Fsp3) is 0.278. The number of amides is 1. The summed E-state index contributed by atoms with van der Waals surface area (Å²) in [6, 6.07) is 7.77. The molecule has 124 valence electrons. The van der Waals surface area contributed by atoms with E-state index in [0.717, 1.165) is 28.5 Å². The summed E-state index contributed by atoms with van der Waals surface area (Å²) in [7, 11) is 1.93. The van der Waals surface area contributed by atoms with Gasteiger partial charge in [0.1, 0.15) is 0 Å². The Labute approximate surface area is 141 Å². The quantitative estimate of drug-likeness (QED) is 0.785. The first-order valence-corrected chi connectivity index (χ1v) is 7.90. The highest BCUT2D eigenvalue weighted by atomic mass is 16.1. The number of aromatic nitrogens is 4. The maximum atomic E-state index is 12.1. The number of nitrogens with zero attached hydrogens (tertiary/aromatic N) is 4. The number of hydrogen-bond acceptors (Lipinski definition) is 3. The summed E-state index contributed by atoms with van der Waals surface area (Å²) < 4.78 is 3.96. The molecule has 0 spiro atoms. The van der Waals surface area contributed by atoms with Gasteiger partial charge in [-0.25, -0.2) is 9.97 Å². The number of rotatable bonds is 5. The number of aryl methyl sites for hydroxylation is 3. The SMILES string of the molecule is Cc1ncn(-c2ccc(NC(=O)CCc3cncn3C)cc2)c1C. The van der Waals surface area contributed by atoms with Crippen LogP contribution < -0.4 is 5.32 Å². The van der Waals surface area contributed by atoms with Crippen LogP contribution in [0.2, 0.25) is 0 Å². The van der Waals surface area contributed by atoms with Crippen molar-refractivity contribution in [3.63, 3.8) is 0 Å². The van der Waals surface area contributed by atoms with E-state index in [1.165, 1.54) is 0 Å². The van der Waals surface area contributed by atoms with E-state index in [0.29, 0.717) is 12.8 Å². The van der Waals surface area contributed by atoms with Gasteiger partial charge in [-0.3, -0.25) is 4.79 Å². The largest absolute Gasteiger partial charge is 0.338 e. The molecule has 3 aromatic rings. The average molecular weight is 323 g/mol. The molecular weight excluding hydrogens is 302 g/mol.